The van der Waals surface area contributed by atoms with E-state index in [1.54, 1.807) is 12.4 Å². The molecule has 1 aliphatic heterocycles. The molecule has 1 fully saturated rings. The normalized spacial score (nSPS) is 21.6. The van der Waals surface area contributed by atoms with Crippen molar-refractivity contribution in [2.45, 2.75) is 38.9 Å². The number of rotatable bonds is 1. The molecule has 0 bridgehead atoms. The maximum atomic E-state index is 5.83. The largest absolute Gasteiger partial charge is 0.471 e. The van der Waals surface area contributed by atoms with E-state index < -0.39 is 0 Å². The fourth-order valence-corrected chi connectivity index (χ4v) is 1.37. The molecule has 4 nitrogen and oxygen atoms in total. The molecule has 0 aromatic carbocycles. The maximum Gasteiger partial charge on any atom is 0.471 e. The second kappa shape index (κ2) is 4.78. The Morgan fingerprint density at radius 1 is 1.06 bits per heavy atom. The monoisotopic (exact) mass is 443 g/mol. The van der Waals surface area contributed by atoms with Gasteiger partial charge in [0.05, 0.1) is 11.2 Å². The minimum absolute atomic E-state index is 0. The van der Waals surface area contributed by atoms with Crippen LogP contribution in [0.4, 0.5) is 0 Å². The molecule has 0 N–H and O–H groups in total. The van der Waals surface area contributed by atoms with Crippen molar-refractivity contribution >= 4 is 12.6 Å². The zero-order valence-corrected chi connectivity index (χ0v) is 14.1. The minimum atomic E-state index is -0.385. The Balaban J connectivity index is 0.00000128. The molecule has 0 unspecified atom stereocenters. The third-order valence-corrected chi connectivity index (χ3v) is 3.07. The van der Waals surface area contributed by atoms with Gasteiger partial charge < -0.3 is 19.3 Å². The summed E-state index contributed by atoms with van der Waals surface area (Å²) in [5.74, 6) is 0. The molecule has 0 atom stereocenters. The van der Waals surface area contributed by atoms with E-state index in [9.17, 15) is 0 Å². The third kappa shape index (κ3) is 2.51. The molecule has 0 aliphatic carbocycles. The number of aromatic nitrogens is 2. The van der Waals surface area contributed by atoms with Gasteiger partial charge in [-0.05, 0) is 27.7 Å². The summed E-state index contributed by atoms with van der Waals surface area (Å²) in [5, 5.41) is 0. The molecule has 2 rings (SSSR count). The van der Waals surface area contributed by atoms with Crippen molar-refractivity contribution in [3.8, 4) is 0 Å². The summed E-state index contributed by atoms with van der Waals surface area (Å²) in [6.07, 6.45) is 5.81. The predicted molar refractivity (Wildman–Crippen MR) is 56.6 cm³/mol. The molecule has 1 aromatic rings. The van der Waals surface area contributed by atoms with E-state index in [0.717, 1.165) is 5.46 Å². The zero-order valence-electron chi connectivity index (χ0n) is 9.94. The van der Waals surface area contributed by atoms with Crippen LogP contribution < -0.4 is 5.46 Å². The Morgan fingerprint density at radius 2 is 1.50 bits per heavy atom. The average molecular weight is 443 g/mol. The average Bonchev–Trinajstić information content (AvgIpc) is 2.38. The van der Waals surface area contributed by atoms with Gasteiger partial charge in [0.1, 0.15) is 0 Å². The predicted octanol–water partition coefficient (Wildman–Crippen LogP) is 0.576. The second-order valence-electron chi connectivity index (χ2n) is 4.70. The van der Waals surface area contributed by atoms with Crippen LogP contribution >= 0.6 is 0 Å². The minimum Gasteiger partial charge on any atom is -0.401 e. The number of hydrogen-bond donors (Lipinski definition) is 0. The molecule has 6 heteroatoms. The van der Waals surface area contributed by atoms with Gasteiger partial charge in [0.15, 0.2) is 0 Å². The van der Waals surface area contributed by atoms with E-state index in [4.69, 9.17) is 9.31 Å². The van der Waals surface area contributed by atoms with Crippen LogP contribution in [0.5, 0.6) is 0 Å². The summed E-state index contributed by atoms with van der Waals surface area (Å²) < 4.78 is 11.7. The van der Waals surface area contributed by atoms with Crippen molar-refractivity contribution in [2.75, 3.05) is 0 Å². The molecule has 0 amide bonds. The van der Waals surface area contributed by atoms with Gasteiger partial charge in [-0.15, -0.1) is 0 Å². The first-order valence-corrected chi connectivity index (χ1v) is 4.96. The number of nitrogens with zero attached hydrogens (tertiary/aromatic N) is 2. The van der Waals surface area contributed by atoms with Gasteiger partial charge >= 0.3 is 7.12 Å². The van der Waals surface area contributed by atoms with Gasteiger partial charge in [-0.3, -0.25) is 0 Å². The second-order valence-corrected chi connectivity index (χ2v) is 4.70. The summed E-state index contributed by atoms with van der Waals surface area (Å²) in [7, 11) is -0.385. The Labute approximate surface area is 120 Å². The smallest absolute Gasteiger partial charge is 0.401 e. The van der Waals surface area contributed by atoms with Crippen LogP contribution in [0.2, 0.25) is 0 Å². The SMILES string of the molecule is CC1(C)OB(c2cn[c-]nc2)OC1(C)C.[U]. The van der Waals surface area contributed by atoms with Crippen LogP contribution in [-0.2, 0) is 9.31 Å². The Morgan fingerprint density at radius 3 is 1.94 bits per heavy atom. The van der Waals surface area contributed by atoms with Crippen LogP contribution in [-0.4, -0.2) is 28.3 Å². The fraction of sp³-hybridized carbons (Fsp3) is 0.600. The van der Waals surface area contributed by atoms with Crippen LogP contribution in [0.15, 0.2) is 12.4 Å². The van der Waals surface area contributed by atoms with Crippen molar-refractivity contribution in [3.05, 3.63) is 18.7 Å². The molecule has 16 heavy (non-hydrogen) atoms. The Kier molecular flexibility index (Phi) is 4.23. The van der Waals surface area contributed by atoms with Crippen molar-refractivity contribution in [2.24, 2.45) is 0 Å². The van der Waals surface area contributed by atoms with Crippen LogP contribution in [0.1, 0.15) is 27.7 Å². The van der Waals surface area contributed by atoms with Gasteiger partial charge in [0.2, 0.25) is 0 Å². The van der Waals surface area contributed by atoms with Crippen molar-refractivity contribution in [1.82, 2.24) is 9.97 Å². The van der Waals surface area contributed by atoms with E-state index in [0.29, 0.717) is 0 Å². The van der Waals surface area contributed by atoms with Crippen LogP contribution in [0.25, 0.3) is 0 Å². The Hall–Kier alpha value is 0.117. The first kappa shape index (κ1) is 14.2. The standard InChI is InChI=1S/C10H14BN2O2.U/c1-9(2)10(3,4)15-11(14-9)8-5-12-7-13-6-8;/h5-6H,1-4H3;/q-1;. The van der Waals surface area contributed by atoms with Crippen LogP contribution in [0.3, 0.4) is 0 Å². The molecule has 2 heterocycles. The van der Waals surface area contributed by atoms with Crippen molar-refractivity contribution < 1.29 is 40.4 Å². The third-order valence-electron chi connectivity index (χ3n) is 3.07. The molecule has 0 radical (unpaired) electrons. The van der Waals surface area contributed by atoms with Gasteiger partial charge in [0.25, 0.3) is 0 Å². The van der Waals surface area contributed by atoms with Gasteiger partial charge in [-0.25, -0.2) is 0 Å². The van der Waals surface area contributed by atoms with Crippen LogP contribution in [0, 0.1) is 37.4 Å². The zero-order chi connectivity index (χ0) is 11.1. The number of hydrogen-bond acceptors (Lipinski definition) is 4. The first-order valence-electron chi connectivity index (χ1n) is 4.96. The van der Waals surface area contributed by atoms with Gasteiger partial charge in [-0.1, -0.05) is 17.9 Å². The van der Waals surface area contributed by atoms with Crippen molar-refractivity contribution in [3.63, 3.8) is 0 Å². The summed E-state index contributed by atoms with van der Waals surface area (Å²) in [6, 6.07) is 0. The fourth-order valence-electron chi connectivity index (χ4n) is 1.37. The van der Waals surface area contributed by atoms with Gasteiger partial charge in [-0.2, -0.15) is 0 Å². The van der Waals surface area contributed by atoms with E-state index in [1.165, 1.54) is 0 Å². The van der Waals surface area contributed by atoms with E-state index in [2.05, 4.69) is 16.3 Å². The van der Waals surface area contributed by atoms with E-state index in [-0.39, 0.29) is 49.4 Å². The first-order chi connectivity index (χ1) is 6.92. The summed E-state index contributed by atoms with van der Waals surface area (Å²) in [6.45, 7) is 8.07. The summed E-state index contributed by atoms with van der Waals surface area (Å²) in [4.78, 5) is 7.66. The molecular formula is C10H14BN2O2U-. The summed E-state index contributed by atoms with van der Waals surface area (Å²) in [5.41, 5.74) is 0.182. The Bertz CT molecular complexity index is 343. The molecule has 0 saturated carbocycles. The quantitative estimate of drug-likeness (QED) is 0.471. The van der Waals surface area contributed by atoms with Crippen molar-refractivity contribution in [1.29, 1.82) is 0 Å². The topological polar surface area (TPSA) is 44.2 Å². The maximum absolute atomic E-state index is 5.83. The van der Waals surface area contributed by atoms with E-state index in [1.807, 2.05) is 27.7 Å². The molecule has 84 valence electrons. The molecule has 0 spiro atoms. The molecular weight excluding hydrogens is 429 g/mol. The molecule has 1 aromatic heterocycles. The van der Waals surface area contributed by atoms with Gasteiger partial charge in [0, 0.05) is 37.4 Å². The van der Waals surface area contributed by atoms with E-state index >= 15 is 0 Å². The molecule has 1 saturated heterocycles. The summed E-state index contributed by atoms with van der Waals surface area (Å²) >= 11 is 0. The molecule has 1 aliphatic rings.